The summed E-state index contributed by atoms with van der Waals surface area (Å²) in [6.07, 6.45) is 4.46. The lowest BCUT2D eigenvalue weighted by Gasteiger charge is -2.31. The lowest BCUT2D eigenvalue weighted by atomic mass is 9.95. The van der Waals surface area contributed by atoms with Crippen LogP contribution in [0.1, 0.15) is 39.0 Å². The quantitative estimate of drug-likeness (QED) is 0.761. The van der Waals surface area contributed by atoms with Crippen LogP contribution in [0.25, 0.3) is 0 Å². The minimum absolute atomic E-state index is 0. The fourth-order valence-electron chi connectivity index (χ4n) is 3.39. The largest absolute Gasteiger partial charge is 0.353 e. The Morgan fingerprint density at radius 1 is 1.23 bits per heavy atom. The van der Waals surface area contributed by atoms with Gasteiger partial charge >= 0.3 is 0 Å². The van der Waals surface area contributed by atoms with Crippen molar-refractivity contribution in [1.82, 2.24) is 9.62 Å². The number of sulfonamides is 1. The van der Waals surface area contributed by atoms with Gasteiger partial charge in [0.05, 0.1) is 5.75 Å². The molecular weight excluding hydrogens is 326 g/mol. The number of nitrogens with one attached hydrogen (secondary N) is 1. The molecule has 2 aliphatic rings. The van der Waals surface area contributed by atoms with Crippen molar-refractivity contribution in [2.75, 3.05) is 25.4 Å². The van der Waals surface area contributed by atoms with Gasteiger partial charge < -0.3 is 11.1 Å². The Labute approximate surface area is 139 Å². The Morgan fingerprint density at radius 2 is 1.86 bits per heavy atom. The third-order valence-electron chi connectivity index (χ3n) is 4.87. The first-order chi connectivity index (χ1) is 9.97. The summed E-state index contributed by atoms with van der Waals surface area (Å²) in [7, 11) is -3.12. The minimum Gasteiger partial charge on any atom is -0.353 e. The summed E-state index contributed by atoms with van der Waals surface area (Å²) in [5.74, 6) is 0.542. The molecule has 1 heterocycles. The zero-order chi connectivity index (χ0) is 15.5. The van der Waals surface area contributed by atoms with Crippen molar-refractivity contribution in [2.45, 2.75) is 45.1 Å². The second-order valence-electron chi connectivity index (χ2n) is 6.12. The molecule has 22 heavy (non-hydrogen) atoms. The maximum Gasteiger partial charge on any atom is 0.223 e. The number of nitrogens with two attached hydrogens (primary N) is 1. The molecule has 130 valence electrons. The van der Waals surface area contributed by atoms with Gasteiger partial charge in [0, 0.05) is 25.0 Å². The lowest BCUT2D eigenvalue weighted by molar-refractivity contribution is -0.127. The van der Waals surface area contributed by atoms with Gasteiger partial charge in [-0.1, -0.05) is 6.42 Å². The highest BCUT2D eigenvalue weighted by Gasteiger charge is 2.33. The van der Waals surface area contributed by atoms with Crippen LogP contribution in [0.15, 0.2) is 0 Å². The molecule has 2 rings (SSSR count). The van der Waals surface area contributed by atoms with E-state index in [-0.39, 0.29) is 36.0 Å². The number of hydrogen-bond donors (Lipinski definition) is 2. The van der Waals surface area contributed by atoms with Crippen molar-refractivity contribution in [1.29, 1.82) is 0 Å². The van der Waals surface area contributed by atoms with E-state index in [1.165, 1.54) is 4.31 Å². The topological polar surface area (TPSA) is 92.5 Å². The molecule has 0 spiro atoms. The molecule has 0 aromatic heterocycles. The molecular formula is C14H28ClN3O3S. The second kappa shape index (κ2) is 8.47. The van der Waals surface area contributed by atoms with Gasteiger partial charge in [-0.25, -0.2) is 12.7 Å². The first kappa shape index (κ1) is 19.7. The number of piperidine rings is 1. The average Bonchev–Trinajstić information content (AvgIpc) is 2.94. The van der Waals surface area contributed by atoms with E-state index in [9.17, 15) is 13.2 Å². The highest BCUT2D eigenvalue weighted by molar-refractivity contribution is 7.89. The van der Waals surface area contributed by atoms with Crippen LogP contribution >= 0.6 is 12.4 Å². The van der Waals surface area contributed by atoms with Crippen LogP contribution < -0.4 is 11.1 Å². The number of rotatable bonds is 5. The van der Waals surface area contributed by atoms with Crippen molar-refractivity contribution in [2.24, 2.45) is 17.6 Å². The zero-order valence-electron chi connectivity index (χ0n) is 13.2. The molecule has 1 saturated carbocycles. The summed E-state index contributed by atoms with van der Waals surface area (Å²) >= 11 is 0. The maximum absolute atomic E-state index is 12.3. The van der Waals surface area contributed by atoms with Gasteiger partial charge in [0.15, 0.2) is 0 Å². The Kier molecular flexibility index (Phi) is 7.58. The van der Waals surface area contributed by atoms with Crippen LogP contribution in [0, 0.1) is 11.8 Å². The minimum atomic E-state index is -3.12. The highest BCUT2D eigenvalue weighted by Crippen LogP contribution is 2.26. The molecule has 6 nitrogen and oxygen atoms in total. The molecule has 1 amide bonds. The lowest BCUT2D eigenvalue weighted by Crippen LogP contribution is -2.47. The Balaban J connectivity index is 0.00000242. The SMILES string of the molecule is CCS(=O)(=O)N1CCC(C(=O)NC2CCCC2CN)CC1.Cl. The maximum atomic E-state index is 12.3. The molecule has 0 aromatic rings. The summed E-state index contributed by atoms with van der Waals surface area (Å²) in [5, 5.41) is 3.13. The summed E-state index contributed by atoms with van der Waals surface area (Å²) in [6, 6.07) is 0.208. The van der Waals surface area contributed by atoms with Crippen LogP contribution in [0.5, 0.6) is 0 Å². The smallest absolute Gasteiger partial charge is 0.223 e. The molecule has 2 fully saturated rings. The summed E-state index contributed by atoms with van der Waals surface area (Å²) < 4.78 is 25.1. The number of carbonyl (C=O) groups excluding carboxylic acids is 1. The van der Waals surface area contributed by atoms with Gasteiger partial charge in [0.25, 0.3) is 0 Å². The fraction of sp³-hybridized carbons (Fsp3) is 0.929. The van der Waals surface area contributed by atoms with Crippen molar-refractivity contribution < 1.29 is 13.2 Å². The van der Waals surface area contributed by atoms with Gasteiger partial charge in [-0.05, 0) is 45.1 Å². The molecule has 1 aliphatic heterocycles. The molecule has 2 atom stereocenters. The van der Waals surface area contributed by atoms with Crippen LogP contribution in [0.2, 0.25) is 0 Å². The van der Waals surface area contributed by atoms with Crippen molar-refractivity contribution >= 4 is 28.3 Å². The Hall–Kier alpha value is -0.370. The Morgan fingerprint density at radius 3 is 2.41 bits per heavy atom. The van der Waals surface area contributed by atoms with Gasteiger partial charge in [-0.3, -0.25) is 4.79 Å². The van der Waals surface area contributed by atoms with E-state index in [2.05, 4.69) is 5.32 Å². The van der Waals surface area contributed by atoms with E-state index in [1.807, 2.05) is 0 Å². The summed E-state index contributed by atoms with van der Waals surface area (Å²) in [6.45, 7) is 3.19. The van der Waals surface area contributed by atoms with Crippen LogP contribution in [0.3, 0.4) is 0 Å². The van der Waals surface area contributed by atoms with E-state index >= 15 is 0 Å². The van der Waals surface area contributed by atoms with Gasteiger partial charge in [0.2, 0.25) is 15.9 Å². The standard InChI is InChI=1S/C14H27N3O3S.ClH/c1-2-21(19,20)17-8-6-11(7-9-17)14(18)16-13-5-3-4-12(13)10-15;/h11-13H,2-10,15H2,1H3,(H,16,18);1H. The van der Waals surface area contributed by atoms with Crippen LogP contribution in [-0.4, -0.2) is 50.1 Å². The number of hydrogen-bond acceptors (Lipinski definition) is 4. The third kappa shape index (κ3) is 4.57. The molecule has 0 radical (unpaired) electrons. The van der Waals surface area contributed by atoms with E-state index in [0.717, 1.165) is 19.3 Å². The molecule has 1 saturated heterocycles. The predicted octanol–water partition coefficient (Wildman–Crippen LogP) is 0.714. The first-order valence-electron chi connectivity index (χ1n) is 7.96. The third-order valence-corrected chi connectivity index (χ3v) is 6.75. The van der Waals surface area contributed by atoms with E-state index < -0.39 is 10.0 Å². The second-order valence-corrected chi connectivity index (χ2v) is 8.37. The average molecular weight is 354 g/mol. The number of halogens is 1. The predicted molar refractivity (Wildman–Crippen MR) is 89.3 cm³/mol. The molecule has 8 heteroatoms. The molecule has 0 aromatic carbocycles. The van der Waals surface area contributed by atoms with Crippen molar-refractivity contribution in [3.05, 3.63) is 0 Å². The normalized spacial score (nSPS) is 27.4. The zero-order valence-corrected chi connectivity index (χ0v) is 14.8. The molecule has 0 bridgehead atoms. The molecule has 3 N–H and O–H groups in total. The summed E-state index contributed by atoms with van der Waals surface area (Å²) in [4.78, 5) is 12.3. The van der Waals surface area contributed by atoms with E-state index in [4.69, 9.17) is 5.73 Å². The Bertz CT molecular complexity index is 464. The fourth-order valence-corrected chi connectivity index (χ4v) is 4.52. The van der Waals surface area contributed by atoms with Crippen molar-refractivity contribution in [3.8, 4) is 0 Å². The van der Waals surface area contributed by atoms with Crippen molar-refractivity contribution in [3.63, 3.8) is 0 Å². The van der Waals surface area contributed by atoms with E-state index in [0.29, 0.717) is 38.4 Å². The highest BCUT2D eigenvalue weighted by atomic mass is 35.5. The molecule has 2 unspecified atom stereocenters. The number of carbonyl (C=O) groups is 1. The van der Waals surface area contributed by atoms with Gasteiger partial charge in [-0.2, -0.15) is 0 Å². The van der Waals surface area contributed by atoms with E-state index in [1.54, 1.807) is 6.92 Å². The number of amides is 1. The number of nitrogens with zero attached hydrogens (tertiary/aromatic N) is 1. The monoisotopic (exact) mass is 353 g/mol. The first-order valence-corrected chi connectivity index (χ1v) is 9.57. The molecule has 1 aliphatic carbocycles. The summed E-state index contributed by atoms with van der Waals surface area (Å²) in [5.41, 5.74) is 5.74. The van der Waals surface area contributed by atoms with Gasteiger partial charge in [0.1, 0.15) is 0 Å². The van der Waals surface area contributed by atoms with Crippen LogP contribution in [0.4, 0.5) is 0 Å². The van der Waals surface area contributed by atoms with Gasteiger partial charge in [-0.15, -0.1) is 12.4 Å². The van der Waals surface area contributed by atoms with Crippen LogP contribution in [-0.2, 0) is 14.8 Å².